The highest BCUT2D eigenvalue weighted by molar-refractivity contribution is 5.80. The van der Waals surface area contributed by atoms with E-state index >= 15 is 0 Å². The molecule has 3 aliphatic rings. The summed E-state index contributed by atoms with van der Waals surface area (Å²) in [7, 11) is 0. The molecule has 0 N–H and O–H groups in total. The van der Waals surface area contributed by atoms with E-state index in [1.54, 1.807) is 5.57 Å². The lowest BCUT2D eigenvalue weighted by Gasteiger charge is -2.36. The van der Waals surface area contributed by atoms with E-state index in [2.05, 4.69) is 89.8 Å². The summed E-state index contributed by atoms with van der Waals surface area (Å²) in [4.78, 5) is 2.74. The summed E-state index contributed by atoms with van der Waals surface area (Å²) in [5, 5.41) is 0. The normalized spacial score (nSPS) is 23.4. The van der Waals surface area contributed by atoms with Gasteiger partial charge in [-0.25, -0.2) is 0 Å². The number of benzene rings is 3. The van der Waals surface area contributed by atoms with Crippen molar-refractivity contribution in [2.75, 3.05) is 0 Å². The average molecular weight is 364 g/mol. The first-order chi connectivity index (χ1) is 13.9. The third-order valence-corrected chi connectivity index (χ3v) is 6.98. The molecule has 3 aromatic carbocycles. The molecule has 1 aliphatic carbocycles. The van der Waals surface area contributed by atoms with Gasteiger partial charge in [0, 0.05) is 24.5 Å². The van der Waals surface area contributed by atoms with Crippen LogP contribution in [0, 0.1) is 0 Å². The molecule has 0 amide bonds. The lowest BCUT2D eigenvalue weighted by molar-refractivity contribution is 0.194. The zero-order valence-electron chi connectivity index (χ0n) is 16.1. The number of hydrogen-bond donors (Lipinski definition) is 0. The quantitative estimate of drug-likeness (QED) is 0.504. The minimum Gasteiger partial charge on any atom is -0.289 e. The van der Waals surface area contributed by atoms with Crippen LogP contribution in [0.1, 0.15) is 41.9 Å². The van der Waals surface area contributed by atoms with Crippen LogP contribution in [0.25, 0.3) is 11.1 Å². The maximum absolute atomic E-state index is 2.74. The Morgan fingerprint density at radius 2 is 1.36 bits per heavy atom. The molecule has 6 rings (SSSR count). The third kappa shape index (κ3) is 2.50. The first-order valence-electron chi connectivity index (χ1n) is 10.6. The van der Waals surface area contributed by atoms with Gasteiger partial charge in [0.05, 0.1) is 0 Å². The monoisotopic (exact) mass is 363 g/mol. The van der Waals surface area contributed by atoms with Crippen molar-refractivity contribution in [2.45, 2.75) is 43.8 Å². The topological polar surface area (TPSA) is 3.24 Å². The van der Waals surface area contributed by atoms with Crippen LogP contribution in [-0.4, -0.2) is 17.0 Å². The summed E-state index contributed by atoms with van der Waals surface area (Å²) in [5.74, 6) is 0.453. The van der Waals surface area contributed by atoms with Crippen molar-refractivity contribution in [2.24, 2.45) is 0 Å². The highest BCUT2D eigenvalue weighted by atomic mass is 15.2. The number of rotatable bonds is 3. The molecule has 2 bridgehead atoms. The van der Waals surface area contributed by atoms with Crippen LogP contribution in [0.3, 0.4) is 0 Å². The Morgan fingerprint density at radius 3 is 2.04 bits per heavy atom. The Bertz CT molecular complexity index is 1000. The van der Waals surface area contributed by atoms with Crippen LogP contribution < -0.4 is 0 Å². The molecule has 1 nitrogen and oxygen atoms in total. The number of hydrogen-bond acceptors (Lipinski definition) is 1. The molecule has 2 atom stereocenters. The van der Waals surface area contributed by atoms with E-state index in [9.17, 15) is 0 Å². The Morgan fingerprint density at radius 1 is 0.714 bits per heavy atom. The van der Waals surface area contributed by atoms with Gasteiger partial charge in [0.1, 0.15) is 0 Å². The van der Waals surface area contributed by atoms with Gasteiger partial charge in [-0.3, -0.25) is 4.90 Å². The van der Waals surface area contributed by atoms with Gasteiger partial charge in [-0.2, -0.15) is 0 Å². The first kappa shape index (κ1) is 16.3. The highest BCUT2D eigenvalue weighted by Crippen LogP contribution is 2.51. The SMILES string of the molecule is C1=C(C2c3ccccc3-c3ccccc32)CC2CCC1N2Cc1ccccc1. The summed E-state index contributed by atoms with van der Waals surface area (Å²) in [6, 6.07) is 30.3. The summed E-state index contributed by atoms with van der Waals surface area (Å²) in [5.41, 5.74) is 8.96. The van der Waals surface area contributed by atoms with Crippen molar-refractivity contribution in [3.63, 3.8) is 0 Å². The predicted molar refractivity (Wildman–Crippen MR) is 115 cm³/mol. The molecule has 138 valence electrons. The Balaban J connectivity index is 1.37. The fourth-order valence-corrected chi connectivity index (χ4v) is 5.76. The molecule has 1 heteroatoms. The van der Waals surface area contributed by atoms with Gasteiger partial charge in [-0.05, 0) is 47.1 Å². The van der Waals surface area contributed by atoms with E-state index in [1.807, 2.05) is 0 Å². The van der Waals surface area contributed by atoms with E-state index in [0.717, 1.165) is 6.54 Å². The van der Waals surface area contributed by atoms with E-state index in [4.69, 9.17) is 0 Å². The summed E-state index contributed by atoms with van der Waals surface area (Å²) >= 11 is 0. The molecule has 3 aromatic rings. The zero-order valence-corrected chi connectivity index (χ0v) is 16.1. The van der Waals surface area contributed by atoms with Gasteiger partial charge >= 0.3 is 0 Å². The molecule has 2 aliphatic heterocycles. The van der Waals surface area contributed by atoms with Gasteiger partial charge in [-0.1, -0.05) is 90.5 Å². The number of fused-ring (bicyclic) bond motifs is 5. The molecular weight excluding hydrogens is 338 g/mol. The van der Waals surface area contributed by atoms with Crippen molar-refractivity contribution >= 4 is 0 Å². The maximum Gasteiger partial charge on any atom is 0.0312 e. The number of nitrogens with zero attached hydrogens (tertiary/aromatic N) is 1. The second kappa shape index (κ2) is 6.46. The molecular formula is C27H25N. The summed E-state index contributed by atoms with van der Waals surface area (Å²) in [6.07, 6.45) is 6.46. The summed E-state index contributed by atoms with van der Waals surface area (Å²) in [6.45, 7) is 1.08. The van der Waals surface area contributed by atoms with E-state index in [1.165, 1.54) is 47.1 Å². The Labute approximate surface area is 167 Å². The fraction of sp³-hybridized carbons (Fsp3) is 0.259. The molecule has 28 heavy (non-hydrogen) atoms. The predicted octanol–water partition coefficient (Wildman–Crippen LogP) is 6.16. The van der Waals surface area contributed by atoms with Crippen LogP contribution in [-0.2, 0) is 6.54 Å². The molecule has 1 fully saturated rings. The standard InChI is InChI=1S/C27H25N/c1-2-8-19(9-3-1)18-28-21-14-15-22(28)17-20(16-21)27-25-12-6-4-10-23(25)24-11-5-7-13-26(24)27/h1-13,16,21-22,27H,14-15,17-18H2. The van der Waals surface area contributed by atoms with Gasteiger partial charge in [0.25, 0.3) is 0 Å². The smallest absolute Gasteiger partial charge is 0.0312 e. The van der Waals surface area contributed by atoms with Crippen LogP contribution >= 0.6 is 0 Å². The fourth-order valence-electron chi connectivity index (χ4n) is 5.76. The van der Waals surface area contributed by atoms with Crippen molar-refractivity contribution < 1.29 is 0 Å². The highest BCUT2D eigenvalue weighted by Gasteiger charge is 2.40. The van der Waals surface area contributed by atoms with Gasteiger partial charge < -0.3 is 0 Å². The van der Waals surface area contributed by atoms with Gasteiger partial charge in [0.2, 0.25) is 0 Å². The second-order valence-corrected chi connectivity index (χ2v) is 8.51. The molecule has 0 aromatic heterocycles. The summed E-state index contributed by atoms with van der Waals surface area (Å²) < 4.78 is 0. The Hall–Kier alpha value is -2.64. The van der Waals surface area contributed by atoms with Crippen molar-refractivity contribution in [3.05, 3.63) is 107 Å². The van der Waals surface area contributed by atoms with Crippen LogP contribution in [0.5, 0.6) is 0 Å². The second-order valence-electron chi connectivity index (χ2n) is 8.51. The van der Waals surface area contributed by atoms with E-state index in [-0.39, 0.29) is 0 Å². The van der Waals surface area contributed by atoms with Crippen molar-refractivity contribution in [3.8, 4) is 11.1 Å². The van der Waals surface area contributed by atoms with Gasteiger partial charge in [-0.15, -0.1) is 0 Å². The van der Waals surface area contributed by atoms with Gasteiger partial charge in [0.15, 0.2) is 0 Å². The molecule has 0 spiro atoms. The maximum atomic E-state index is 2.74. The molecule has 0 radical (unpaired) electrons. The van der Waals surface area contributed by atoms with Crippen molar-refractivity contribution in [1.82, 2.24) is 4.90 Å². The van der Waals surface area contributed by atoms with Crippen LogP contribution in [0.2, 0.25) is 0 Å². The molecule has 0 saturated carbocycles. The molecule has 2 heterocycles. The van der Waals surface area contributed by atoms with E-state index < -0.39 is 0 Å². The minimum atomic E-state index is 0.453. The van der Waals surface area contributed by atoms with Crippen LogP contribution in [0.15, 0.2) is 90.5 Å². The van der Waals surface area contributed by atoms with Crippen molar-refractivity contribution in [1.29, 1.82) is 0 Å². The molecule has 1 saturated heterocycles. The zero-order chi connectivity index (χ0) is 18.5. The average Bonchev–Trinajstić information content (AvgIpc) is 3.19. The van der Waals surface area contributed by atoms with Crippen LogP contribution in [0.4, 0.5) is 0 Å². The van der Waals surface area contributed by atoms with E-state index in [0.29, 0.717) is 18.0 Å². The largest absolute Gasteiger partial charge is 0.289 e. The lowest BCUT2D eigenvalue weighted by Crippen LogP contribution is -2.38. The minimum absolute atomic E-state index is 0.453. The third-order valence-electron chi connectivity index (χ3n) is 6.98. The Kier molecular flexibility index (Phi) is 3.77. The molecule has 2 unspecified atom stereocenters. The lowest BCUT2D eigenvalue weighted by atomic mass is 9.83. The first-order valence-corrected chi connectivity index (χ1v) is 10.6.